The highest BCUT2D eigenvalue weighted by Gasteiger charge is 2.31. The summed E-state index contributed by atoms with van der Waals surface area (Å²) in [6.07, 6.45) is 5.72. The molecule has 0 bridgehead atoms. The van der Waals surface area contributed by atoms with Gasteiger partial charge in [-0.3, -0.25) is 9.59 Å². The highest BCUT2D eigenvalue weighted by molar-refractivity contribution is 7.14. The van der Waals surface area contributed by atoms with E-state index in [4.69, 9.17) is 0 Å². The van der Waals surface area contributed by atoms with Gasteiger partial charge in [0.2, 0.25) is 11.8 Å². The Morgan fingerprint density at radius 1 is 1.30 bits per heavy atom. The standard InChI is InChI=1S/C16H24N4O2S/c1-2-12(20-10-6-7-14(20)21)15(22)17-13-11-23-16(18-13)19-8-4-3-5-9-19/h11-12H,2-10H2,1H3,(H,17,22)/t12-/m0/s1. The number of hydrogen-bond donors (Lipinski definition) is 1. The Kier molecular flexibility index (Phi) is 5.15. The lowest BCUT2D eigenvalue weighted by atomic mass is 10.1. The fraction of sp³-hybridized carbons (Fsp3) is 0.688. The SMILES string of the molecule is CC[C@@H](C(=O)Nc1csc(N2CCCCC2)n1)N1CCCC1=O. The third-order valence-electron chi connectivity index (χ3n) is 4.55. The van der Waals surface area contributed by atoms with E-state index in [0.717, 1.165) is 24.6 Å². The van der Waals surface area contributed by atoms with Gasteiger partial charge in [0.15, 0.2) is 5.13 Å². The lowest BCUT2D eigenvalue weighted by molar-refractivity contribution is -0.135. The van der Waals surface area contributed by atoms with Crippen molar-refractivity contribution in [1.82, 2.24) is 9.88 Å². The van der Waals surface area contributed by atoms with Gasteiger partial charge in [-0.2, -0.15) is 0 Å². The number of rotatable bonds is 5. The van der Waals surface area contributed by atoms with Crippen molar-refractivity contribution >= 4 is 34.1 Å². The van der Waals surface area contributed by atoms with Crippen LogP contribution in [0.3, 0.4) is 0 Å². The second kappa shape index (κ2) is 7.29. The summed E-state index contributed by atoms with van der Waals surface area (Å²) < 4.78 is 0. The summed E-state index contributed by atoms with van der Waals surface area (Å²) in [6.45, 7) is 4.71. The zero-order valence-electron chi connectivity index (χ0n) is 13.6. The van der Waals surface area contributed by atoms with Gasteiger partial charge in [0.25, 0.3) is 0 Å². The van der Waals surface area contributed by atoms with Crippen LogP contribution in [0.1, 0.15) is 45.4 Å². The van der Waals surface area contributed by atoms with Crippen LogP contribution >= 0.6 is 11.3 Å². The van der Waals surface area contributed by atoms with E-state index in [-0.39, 0.29) is 17.9 Å². The Bertz CT molecular complexity index is 568. The van der Waals surface area contributed by atoms with Gasteiger partial charge in [-0.05, 0) is 32.1 Å². The average Bonchev–Trinajstić information content (AvgIpc) is 3.19. The molecule has 0 unspecified atom stereocenters. The topological polar surface area (TPSA) is 65.5 Å². The lowest BCUT2D eigenvalue weighted by Crippen LogP contribution is -2.44. The van der Waals surface area contributed by atoms with Crippen molar-refractivity contribution in [2.24, 2.45) is 0 Å². The van der Waals surface area contributed by atoms with E-state index in [9.17, 15) is 9.59 Å². The van der Waals surface area contributed by atoms with Crippen LogP contribution < -0.4 is 10.2 Å². The lowest BCUT2D eigenvalue weighted by Gasteiger charge is -2.26. The molecule has 126 valence electrons. The summed E-state index contributed by atoms with van der Waals surface area (Å²) in [5.41, 5.74) is 0. The van der Waals surface area contributed by atoms with E-state index in [2.05, 4.69) is 15.2 Å². The van der Waals surface area contributed by atoms with E-state index in [1.54, 1.807) is 16.2 Å². The van der Waals surface area contributed by atoms with Crippen LogP contribution in [0.2, 0.25) is 0 Å². The Labute approximate surface area is 140 Å². The number of nitrogens with one attached hydrogen (secondary N) is 1. The first-order valence-corrected chi connectivity index (χ1v) is 9.38. The summed E-state index contributed by atoms with van der Waals surface area (Å²) in [7, 11) is 0. The molecule has 3 heterocycles. The summed E-state index contributed by atoms with van der Waals surface area (Å²) in [5.74, 6) is 0.559. The molecule has 2 saturated heterocycles. The van der Waals surface area contributed by atoms with Gasteiger partial charge < -0.3 is 15.1 Å². The van der Waals surface area contributed by atoms with Gasteiger partial charge in [0.1, 0.15) is 11.9 Å². The summed E-state index contributed by atoms with van der Waals surface area (Å²) in [6, 6.07) is -0.384. The van der Waals surface area contributed by atoms with Crippen molar-refractivity contribution < 1.29 is 9.59 Å². The van der Waals surface area contributed by atoms with Gasteiger partial charge in [-0.1, -0.05) is 6.92 Å². The van der Waals surface area contributed by atoms with Gasteiger partial charge in [0.05, 0.1) is 0 Å². The van der Waals surface area contributed by atoms with Crippen molar-refractivity contribution in [2.75, 3.05) is 29.9 Å². The molecule has 2 aliphatic rings. The normalized spacial score (nSPS) is 20.0. The van der Waals surface area contributed by atoms with Crippen molar-refractivity contribution in [3.05, 3.63) is 5.38 Å². The summed E-state index contributed by atoms with van der Waals surface area (Å²) in [4.78, 5) is 32.9. The second-order valence-electron chi connectivity index (χ2n) is 6.17. The molecule has 0 saturated carbocycles. The Morgan fingerprint density at radius 3 is 2.74 bits per heavy atom. The van der Waals surface area contributed by atoms with Gasteiger partial charge in [-0.15, -0.1) is 11.3 Å². The molecule has 3 rings (SSSR count). The van der Waals surface area contributed by atoms with Crippen LogP contribution in [0.25, 0.3) is 0 Å². The van der Waals surface area contributed by atoms with Crippen molar-refractivity contribution in [3.63, 3.8) is 0 Å². The molecule has 1 aromatic heterocycles. The highest BCUT2D eigenvalue weighted by Crippen LogP contribution is 2.26. The fourth-order valence-electron chi connectivity index (χ4n) is 3.31. The molecule has 0 spiro atoms. The third-order valence-corrected chi connectivity index (χ3v) is 5.45. The molecule has 23 heavy (non-hydrogen) atoms. The van der Waals surface area contributed by atoms with Crippen molar-refractivity contribution in [3.8, 4) is 0 Å². The molecule has 2 amide bonds. The van der Waals surface area contributed by atoms with E-state index < -0.39 is 0 Å². The van der Waals surface area contributed by atoms with Crippen LogP contribution in [0.5, 0.6) is 0 Å². The van der Waals surface area contributed by atoms with Crippen LogP contribution in [0.4, 0.5) is 10.9 Å². The average molecular weight is 336 g/mol. The first-order chi connectivity index (χ1) is 11.2. The number of nitrogens with zero attached hydrogens (tertiary/aromatic N) is 3. The molecule has 2 fully saturated rings. The molecule has 7 heteroatoms. The number of carbonyl (C=O) groups excluding carboxylic acids is 2. The number of hydrogen-bond acceptors (Lipinski definition) is 5. The number of aromatic nitrogens is 1. The molecule has 1 N–H and O–H groups in total. The Hall–Kier alpha value is -1.63. The molecule has 6 nitrogen and oxygen atoms in total. The number of anilines is 2. The molecule has 2 aliphatic heterocycles. The van der Waals surface area contributed by atoms with Gasteiger partial charge in [-0.25, -0.2) is 4.98 Å². The van der Waals surface area contributed by atoms with Crippen LogP contribution in [0, 0.1) is 0 Å². The Balaban J connectivity index is 1.62. The highest BCUT2D eigenvalue weighted by atomic mass is 32.1. The number of carbonyl (C=O) groups is 2. The smallest absolute Gasteiger partial charge is 0.248 e. The molecule has 0 aliphatic carbocycles. The fourth-order valence-corrected chi connectivity index (χ4v) is 4.12. The largest absolute Gasteiger partial charge is 0.348 e. The van der Waals surface area contributed by atoms with E-state index in [1.165, 1.54) is 19.3 Å². The number of amides is 2. The predicted molar refractivity (Wildman–Crippen MR) is 91.8 cm³/mol. The van der Waals surface area contributed by atoms with Crippen molar-refractivity contribution in [1.29, 1.82) is 0 Å². The predicted octanol–water partition coefficient (Wildman–Crippen LogP) is 2.47. The molecular formula is C16H24N4O2S. The maximum atomic E-state index is 12.5. The molecule has 0 aromatic carbocycles. The Morgan fingerprint density at radius 2 is 2.09 bits per heavy atom. The van der Waals surface area contributed by atoms with Crippen LogP contribution in [-0.2, 0) is 9.59 Å². The zero-order valence-corrected chi connectivity index (χ0v) is 14.4. The minimum Gasteiger partial charge on any atom is -0.348 e. The van der Waals surface area contributed by atoms with Crippen molar-refractivity contribution in [2.45, 2.75) is 51.5 Å². The summed E-state index contributed by atoms with van der Waals surface area (Å²) in [5, 5.41) is 5.76. The zero-order chi connectivity index (χ0) is 16.2. The first-order valence-electron chi connectivity index (χ1n) is 8.50. The van der Waals surface area contributed by atoms with Gasteiger partial charge in [0, 0.05) is 31.4 Å². The number of thiazole rings is 1. The maximum Gasteiger partial charge on any atom is 0.248 e. The third kappa shape index (κ3) is 3.65. The minimum absolute atomic E-state index is 0.0827. The van der Waals surface area contributed by atoms with E-state index in [0.29, 0.717) is 25.2 Å². The minimum atomic E-state index is -0.384. The van der Waals surface area contributed by atoms with E-state index >= 15 is 0 Å². The number of piperidine rings is 1. The summed E-state index contributed by atoms with van der Waals surface area (Å²) >= 11 is 1.57. The van der Waals surface area contributed by atoms with Crippen LogP contribution in [-0.4, -0.2) is 47.4 Å². The number of likely N-dealkylation sites (tertiary alicyclic amines) is 1. The first kappa shape index (κ1) is 16.2. The molecular weight excluding hydrogens is 312 g/mol. The van der Waals surface area contributed by atoms with Crippen LogP contribution in [0.15, 0.2) is 5.38 Å². The monoisotopic (exact) mass is 336 g/mol. The maximum absolute atomic E-state index is 12.5. The van der Waals surface area contributed by atoms with E-state index in [1.807, 2.05) is 12.3 Å². The quantitative estimate of drug-likeness (QED) is 0.897. The second-order valence-corrected chi connectivity index (χ2v) is 7.00. The molecule has 0 radical (unpaired) electrons. The molecule has 1 atom stereocenters. The van der Waals surface area contributed by atoms with Gasteiger partial charge >= 0.3 is 0 Å². The molecule has 1 aromatic rings.